The Morgan fingerprint density at radius 1 is 1.38 bits per heavy atom. The van der Waals surface area contributed by atoms with Gasteiger partial charge in [0.25, 0.3) is 0 Å². The number of benzene rings is 1. The lowest BCUT2D eigenvalue weighted by molar-refractivity contribution is 0.0727. The summed E-state index contributed by atoms with van der Waals surface area (Å²) in [5, 5.41) is 0. The van der Waals surface area contributed by atoms with Gasteiger partial charge in [-0.15, -0.1) is 0 Å². The Bertz CT molecular complexity index is 503. The molecule has 82 valence electrons. The van der Waals surface area contributed by atoms with E-state index in [4.69, 9.17) is 9.15 Å². The summed E-state index contributed by atoms with van der Waals surface area (Å²) in [5.41, 5.74) is 2.11. The third-order valence-corrected chi connectivity index (χ3v) is 2.19. The van der Waals surface area contributed by atoms with Crippen molar-refractivity contribution >= 4 is 5.97 Å². The van der Waals surface area contributed by atoms with Crippen molar-refractivity contribution in [3.63, 3.8) is 0 Å². The van der Waals surface area contributed by atoms with Crippen LogP contribution < -0.4 is 4.74 Å². The molecule has 0 amide bonds. The van der Waals surface area contributed by atoms with Gasteiger partial charge in [-0.05, 0) is 31.0 Å². The Balaban J connectivity index is 2.21. The fourth-order valence-electron chi connectivity index (χ4n) is 1.28. The van der Waals surface area contributed by atoms with Gasteiger partial charge in [0.05, 0.1) is 0 Å². The van der Waals surface area contributed by atoms with Gasteiger partial charge in [0.1, 0.15) is 12.0 Å². The van der Waals surface area contributed by atoms with Crippen LogP contribution >= 0.6 is 0 Å². The van der Waals surface area contributed by atoms with Gasteiger partial charge < -0.3 is 9.15 Å². The molecule has 1 heterocycles. The first kappa shape index (κ1) is 10.4. The van der Waals surface area contributed by atoms with Gasteiger partial charge in [0.2, 0.25) is 0 Å². The monoisotopic (exact) mass is 217 g/mol. The predicted molar refractivity (Wildman–Crippen MR) is 57.4 cm³/mol. The van der Waals surface area contributed by atoms with Gasteiger partial charge in [0.15, 0.2) is 12.1 Å². The third-order valence-electron chi connectivity index (χ3n) is 2.19. The number of hydrogen-bond donors (Lipinski definition) is 0. The van der Waals surface area contributed by atoms with Crippen LogP contribution in [0.3, 0.4) is 0 Å². The number of carbonyl (C=O) groups excluding carboxylic acids is 1. The van der Waals surface area contributed by atoms with E-state index >= 15 is 0 Å². The van der Waals surface area contributed by atoms with Crippen molar-refractivity contribution in [1.82, 2.24) is 4.98 Å². The Kier molecular flexibility index (Phi) is 2.72. The Labute approximate surface area is 92.9 Å². The largest absolute Gasteiger partial charge is 0.451 e. The summed E-state index contributed by atoms with van der Waals surface area (Å²) in [5.74, 6) is 0.0375. The summed E-state index contributed by atoms with van der Waals surface area (Å²) in [7, 11) is 0. The van der Waals surface area contributed by atoms with Crippen LogP contribution in [0.25, 0.3) is 0 Å². The highest BCUT2D eigenvalue weighted by atomic mass is 16.5. The molecule has 1 aromatic heterocycles. The summed E-state index contributed by atoms with van der Waals surface area (Å²) in [6.45, 7) is 3.82. The number of hydrogen-bond acceptors (Lipinski definition) is 4. The number of ether oxygens (including phenoxy) is 1. The van der Waals surface area contributed by atoms with E-state index in [-0.39, 0.29) is 5.69 Å². The van der Waals surface area contributed by atoms with Crippen LogP contribution in [0, 0.1) is 13.8 Å². The zero-order valence-electron chi connectivity index (χ0n) is 9.06. The molecular weight excluding hydrogens is 206 g/mol. The molecule has 0 atom stereocenters. The molecule has 4 nitrogen and oxygen atoms in total. The SMILES string of the molecule is Cc1ccc(C)c(OC(=O)c2cocn2)c1. The summed E-state index contributed by atoms with van der Waals surface area (Å²) >= 11 is 0. The summed E-state index contributed by atoms with van der Waals surface area (Å²) in [6, 6.07) is 5.68. The van der Waals surface area contributed by atoms with E-state index in [2.05, 4.69) is 4.98 Å². The lowest BCUT2D eigenvalue weighted by Crippen LogP contribution is -2.09. The highest BCUT2D eigenvalue weighted by molar-refractivity contribution is 5.88. The molecule has 0 saturated heterocycles. The van der Waals surface area contributed by atoms with Gasteiger partial charge in [-0.1, -0.05) is 12.1 Å². The first-order valence-electron chi connectivity index (χ1n) is 4.84. The van der Waals surface area contributed by atoms with Crippen LogP contribution in [0.2, 0.25) is 0 Å². The molecule has 0 saturated carbocycles. The average molecular weight is 217 g/mol. The van der Waals surface area contributed by atoms with Crippen molar-refractivity contribution in [3.8, 4) is 5.75 Å². The van der Waals surface area contributed by atoms with E-state index in [0.717, 1.165) is 11.1 Å². The van der Waals surface area contributed by atoms with Gasteiger partial charge in [0, 0.05) is 0 Å². The second kappa shape index (κ2) is 4.18. The van der Waals surface area contributed by atoms with Crippen molar-refractivity contribution in [2.45, 2.75) is 13.8 Å². The zero-order valence-corrected chi connectivity index (χ0v) is 9.06. The van der Waals surface area contributed by atoms with Gasteiger partial charge in [-0.25, -0.2) is 9.78 Å². The number of carbonyl (C=O) groups is 1. The molecule has 0 N–H and O–H groups in total. The highest BCUT2D eigenvalue weighted by Gasteiger charge is 2.12. The maximum Gasteiger partial charge on any atom is 0.365 e. The maximum atomic E-state index is 11.6. The number of esters is 1. The minimum absolute atomic E-state index is 0.168. The van der Waals surface area contributed by atoms with Crippen LogP contribution in [0.5, 0.6) is 5.75 Å². The van der Waals surface area contributed by atoms with E-state index in [1.54, 1.807) is 0 Å². The normalized spacial score (nSPS) is 10.1. The number of nitrogens with zero attached hydrogens (tertiary/aromatic N) is 1. The quantitative estimate of drug-likeness (QED) is 0.573. The van der Waals surface area contributed by atoms with Crippen molar-refractivity contribution in [1.29, 1.82) is 0 Å². The number of oxazole rings is 1. The molecule has 4 heteroatoms. The van der Waals surface area contributed by atoms with Crippen molar-refractivity contribution < 1.29 is 13.9 Å². The van der Waals surface area contributed by atoms with Crippen LogP contribution in [0.15, 0.2) is 35.3 Å². The van der Waals surface area contributed by atoms with Gasteiger partial charge in [-0.3, -0.25) is 0 Å². The summed E-state index contributed by atoms with van der Waals surface area (Å²) < 4.78 is 9.92. The first-order valence-corrected chi connectivity index (χ1v) is 4.84. The second-order valence-electron chi connectivity index (χ2n) is 3.53. The fraction of sp³-hybridized carbons (Fsp3) is 0.167. The van der Waals surface area contributed by atoms with E-state index in [0.29, 0.717) is 5.75 Å². The molecule has 0 aliphatic heterocycles. The van der Waals surface area contributed by atoms with Gasteiger partial charge in [-0.2, -0.15) is 0 Å². The Hall–Kier alpha value is -2.10. The predicted octanol–water partition coefficient (Wildman–Crippen LogP) is 2.51. The molecule has 0 radical (unpaired) electrons. The number of aryl methyl sites for hydroxylation is 2. The van der Waals surface area contributed by atoms with E-state index < -0.39 is 5.97 Å². The fourth-order valence-corrected chi connectivity index (χ4v) is 1.28. The van der Waals surface area contributed by atoms with E-state index in [9.17, 15) is 4.79 Å². The van der Waals surface area contributed by atoms with Crippen LogP contribution in [-0.4, -0.2) is 11.0 Å². The molecule has 0 aliphatic rings. The molecule has 0 spiro atoms. The molecule has 1 aromatic carbocycles. The molecule has 2 aromatic rings. The summed E-state index contributed by atoms with van der Waals surface area (Å²) in [4.78, 5) is 15.3. The number of rotatable bonds is 2. The minimum Gasteiger partial charge on any atom is -0.451 e. The van der Waals surface area contributed by atoms with E-state index in [1.165, 1.54) is 12.7 Å². The lowest BCUT2D eigenvalue weighted by Gasteiger charge is -2.06. The molecule has 0 bridgehead atoms. The van der Waals surface area contributed by atoms with Gasteiger partial charge >= 0.3 is 5.97 Å². The smallest absolute Gasteiger partial charge is 0.365 e. The Morgan fingerprint density at radius 2 is 2.19 bits per heavy atom. The molecule has 0 unspecified atom stereocenters. The second-order valence-corrected chi connectivity index (χ2v) is 3.53. The van der Waals surface area contributed by atoms with Crippen molar-refractivity contribution in [2.75, 3.05) is 0 Å². The summed E-state index contributed by atoms with van der Waals surface area (Å²) in [6.07, 6.45) is 2.45. The standard InChI is InChI=1S/C12H11NO3/c1-8-3-4-9(2)11(5-8)16-12(14)10-6-15-7-13-10/h3-7H,1-2H3. The van der Waals surface area contributed by atoms with Crippen LogP contribution in [-0.2, 0) is 0 Å². The van der Waals surface area contributed by atoms with Crippen LogP contribution in [0.1, 0.15) is 21.6 Å². The van der Waals surface area contributed by atoms with Crippen molar-refractivity contribution in [2.24, 2.45) is 0 Å². The first-order chi connectivity index (χ1) is 7.66. The number of aromatic nitrogens is 1. The molecule has 2 rings (SSSR count). The molecule has 0 aliphatic carbocycles. The molecule has 0 fully saturated rings. The van der Waals surface area contributed by atoms with Crippen molar-refractivity contribution in [3.05, 3.63) is 47.7 Å². The zero-order chi connectivity index (χ0) is 11.5. The topological polar surface area (TPSA) is 52.3 Å². The van der Waals surface area contributed by atoms with E-state index in [1.807, 2.05) is 32.0 Å². The minimum atomic E-state index is -0.512. The molecular formula is C12H11NO3. The third kappa shape index (κ3) is 2.11. The maximum absolute atomic E-state index is 11.6. The lowest BCUT2D eigenvalue weighted by atomic mass is 10.1. The molecule has 16 heavy (non-hydrogen) atoms. The van der Waals surface area contributed by atoms with Crippen LogP contribution in [0.4, 0.5) is 0 Å². The Morgan fingerprint density at radius 3 is 2.88 bits per heavy atom. The highest BCUT2D eigenvalue weighted by Crippen LogP contribution is 2.20. The average Bonchev–Trinajstić information content (AvgIpc) is 2.76.